The molecule has 0 saturated carbocycles. The first-order valence-corrected chi connectivity index (χ1v) is 7.37. The van der Waals surface area contributed by atoms with Crippen molar-refractivity contribution < 1.29 is 4.42 Å². The SMILES string of the molecule is CC(C)c1ccc(N=Cc2cc(Br)c(N(C)C)o2)cc1. The maximum atomic E-state index is 5.69. The molecule has 20 heavy (non-hydrogen) atoms. The van der Waals surface area contributed by atoms with Crippen LogP contribution in [0.15, 0.2) is 44.2 Å². The van der Waals surface area contributed by atoms with Crippen LogP contribution in [0.25, 0.3) is 0 Å². The van der Waals surface area contributed by atoms with Gasteiger partial charge in [0.2, 0.25) is 5.88 Å². The van der Waals surface area contributed by atoms with Crippen LogP contribution in [0, 0.1) is 0 Å². The molecule has 0 saturated heterocycles. The zero-order chi connectivity index (χ0) is 14.7. The fourth-order valence-corrected chi connectivity index (χ4v) is 2.49. The molecule has 0 N–H and O–H groups in total. The Morgan fingerprint density at radius 1 is 1.20 bits per heavy atom. The van der Waals surface area contributed by atoms with Gasteiger partial charge in [-0.1, -0.05) is 26.0 Å². The van der Waals surface area contributed by atoms with E-state index in [4.69, 9.17) is 4.42 Å². The second-order valence-electron chi connectivity index (χ2n) is 5.20. The van der Waals surface area contributed by atoms with Crippen molar-refractivity contribution in [2.45, 2.75) is 19.8 Å². The van der Waals surface area contributed by atoms with Crippen molar-refractivity contribution in [2.75, 3.05) is 19.0 Å². The third-order valence-electron chi connectivity index (χ3n) is 2.99. The van der Waals surface area contributed by atoms with Gasteiger partial charge in [0.1, 0.15) is 5.76 Å². The minimum atomic E-state index is 0.539. The number of hydrogen-bond acceptors (Lipinski definition) is 3. The van der Waals surface area contributed by atoms with E-state index in [2.05, 4.69) is 46.9 Å². The highest BCUT2D eigenvalue weighted by atomic mass is 79.9. The van der Waals surface area contributed by atoms with Crippen LogP contribution in [0.3, 0.4) is 0 Å². The van der Waals surface area contributed by atoms with Gasteiger partial charge in [0, 0.05) is 20.2 Å². The lowest BCUT2D eigenvalue weighted by atomic mass is 10.0. The number of furan rings is 1. The first kappa shape index (κ1) is 14.9. The second kappa shape index (κ2) is 6.27. The summed E-state index contributed by atoms with van der Waals surface area (Å²) in [6.07, 6.45) is 1.74. The molecule has 1 aromatic heterocycles. The van der Waals surface area contributed by atoms with E-state index in [0.717, 1.165) is 21.8 Å². The lowest BCUT2D eigenvalue weighted by molar-refractivity contribution is 0.557. The zero-order valence-electron chi connectivity index (χ0n) is 12.2. The number of nitrogens with zero attached hydrogens (tertiary/aromatic N) is 2. The van der Waals surface area contributed by atoms with Crippen LogP contribution < -0.4 is 4.90 Å². The summed E-state index contributed by atoms with van der Waals surface area (Å²) in [6.45, 7) is 4.36. The Morgan fingerprint density at radius 3 is 2.35 bits per heavy atom. The van der Waals surface area contributed by atoms with Gasteiger partial charge in [0.15, 0.2) is 0 Å². The molecule has 1 aromatic carbocycles. The number of rotatable bonds is 4. The minimum absolute atomic E-state index is 0.539. The molecule has 2 rings (SSSR count). The third kappa shape index (κ3) is 3.51. The second-order valence-corrected chi connectivity index (χ2v) is 6.06. The number of anilines is 1. The molecule has 0 atom stereocenters. The van der Waals surface area contributed by atoms with E-state index in [1.165, 1.54) is 5.56 Å². The van der Waals surface area contributed by atoms with E-state index < -0.39 is 0 Å². The van der Waals surface area contributed by atoms with Gasteiger partial charge in [-0.15, -0.1) is 0 Å². The van der Waals surface area contributed by atoms with Crippen molar-refractivity contribution >= 4 is 33.7 Å². The fraction of sp³-hybridized carbons (Fsp3) is 0.312. The van der Waals surface area contributed by atoms with Gasteiger partial charge in [0.05, 0.1) is 16.4 Å². The fourth-order valence-electron chi connectivity index (χ4n) is 1.83. The van der Waals surface area contributed by atoms with E-state index in [0.29, 0.717) is 5.92 Å². The Bertz CT molecular complexity index is 597. The van der Waals surface area contributed by atoms with Crippen LogP contribution in [0.2, 0.25) is 0 Å². The molecule has 106 valence electrons. The van der Waals surface area contributed by atoms with Gasteiger partial charge in [-0.2, -0.15) is 0 Å². The first-order chi connectivity index (χ1) is 9.47. The van der Waals surface area contributed by atoms with Crippen molar-refractivity contribution in [3.63, 3.8) is 0 Å². The summed E-state index contributed by atoms with van der Waals surface area (Å²) in [5, 5.41) is 0. The summed E-state index contributed by atoms with van der Waals surface area (Å²) in [5.74, 6) is 2.06. The molecule has 2 aromatic rings. The number of benzene rings is 1. The molecule has 0 aliphatic carbocycles. The summed E-state index contributed by atoms with van der Waals surface area (Å²) < 4.78 is 6.62. The molecule has 1 heterocycles. The van der Waals surface area contributed by atoms with Crippen LogP contribution in [0.4, 0.5) is 11.6 Å². The van der Waals surface area contributed by atoms with Crippen molar-refractivity contribution in [1.29, 1.82) is 0 Å². The summed E-state index contributed by atoms with van der Waals surface area (Å²) in [6, 6.07) is 10.2. The predicted octanol–water partition coefficient (Wildman–Crippen LogP) is 4.98. The maximum Gasteiger partial charge on any atom is 0.210 e. The first-order valence-electron chi connectivity index (χ1n) is 6.58. The summed E-state index contributed by atoms with van der Waals surface area (Å²) in [7, 11) is 3.88. The summed E-state index contributed by atoms with van der Waals surface area (Å²) >= 11 is 3.47. The normalized spacial score (nSPS) is 11.5. The average molecular weight is 335 g/mol. The smallest absolute Gasteiger partial charge is 0.210 e. The Hall–Kier alpha value is -1.55. The Kier molecular flexibility index (Phi) is 4.65. The van der Waals surface area contributed by atoms with E-state index in [9.17, 15) is 0 Å². The van der Waals surface area contributed by atoms with E-state index >= 15 is 0 Å². The van der Waals surface area contributed by atoms with Crippen LogP contribution in [0.1, 0.15) is 31.1 Å². The molecule has 0 unspecified atom stereocenters. The quantitative estimate of drug-likeness (QED) is 0.737. The van der Waals surface area contributed by atoms with Gasteiger partial charge >= 0.3 is 0 Å². The van der Waals surface area contributed by atoms with E-state index in [-0.39, 0.29) is 0 Å². The lowest BCUT2D eigenvalue weighted by Gasteiger charge is -2.07. The predicted molar refractivity (Wildman–Crippen MR) is 88.5 cm³/mol. The minimum Gasteiger partial charge on any atom is -0.438 e. The van der Waals surface area contributed by atoms with Crippen LogP contribution >= 0.6 is 15.9 Å². The molecular formula is C16H19BrN2O. The van der Waals surface area contributed by atoms with Crippen LogP contribution in [-0.4, -0.2) is 20.3 Å². The van der Waals surface area contributed by atoms with E-state index in [1.807, 2.05) is 37.2 Å². The molecule has 0 aliphatic rings. The van der Waals surface area contributed by atoms with E-state index in [1.54, 1.807) is 6.21 Å². The summed E-state index contributed by atoms with van der Waals surface area (Å²) in [5.41, 5.74) is 2.24. The van der Waals surface area contributed by atoms with Crippen LogP contribution in [-0.2, 0) is 0 Å². The standard InChI is InChI=1S/C16H19BrN2O/c1-11(2)12-5-7-13(8-6-12)18-10-14-9-15(17)16(20-14)19(3)4/h5-11H,1-4H3. The van der Waals surface area contributed by atoms with Gasteiger partial charge in [-0.3, -0.25) is 4.99 Å². The van der Waals surface area contributed by atoms with Gasteiger partial charge in [-0.25, -0.2) is 0 Å². The zero-order valence-corrected chi connectivity index (χ0v) is 13.8. The number of aliphatic imine (C=N–C) groups is 1. The summed E-state index contributed by atoms with van der Waals surface area (Å²) in [4.78, 5) is 6.35. The maximum absolute atomic E-state index is 5.69. The monoisotopic (exact) mass is 334 g/mol. The highest BCUT2D eigenvalue weighted by Crippen LogP contribution is 2.28. The van der Waals surface area contributed by atoms with Crippen molar-refractivity contribution in [3.8, 4) is 0 Å². The Labute approximate surface area is 128 Å². The van der Waals surface area contributed by atoms with Crippen molar-refractivity contribution in [1.82, 2.24) is 0 Å². The topological polar surface area (TPSA) is 28.7 Å². The molecule has 4 heteroatoms. The van der Waals surface area contributed by atoms with Crippen molar-refractivity contribution in [3.05, 3.63) is 46.1 Å². The third-order valence-corrected chi connectivity index (χ3v) is 3.56. The molecule has 0 aliphatic heterocycles. The largest absolute Gasteiger partial charge is 0.438 e. The Balaban J connectivity index is 2.14. The average Bonchev–Trinajstić information content (AvgIpc) is 2.78. The van der Waals surface area contributed by atoms with Crippen LogP contribution in [0.5, 0.6) is 0 Å². The van der Waals surface area contributed by atoms with Gasteiger partial charge in [-0.05, 0) is 39.5 Å². The molecule has 3 nitrogen and oxygen atoms in total. The molecule has 0 radical (unpaired) electrons. The highest BCUT2D eigenvalue weighted by molar-refractivity contribution is 9.10. The van der Waals surface area contributed by atoms with Crippen molar-refractivity contribution in [2.24, 2.45) is 4.99 Å². The Morgan fingerprint density at radius 2 is 1.85 bits per heavy atom. The lowest BCUT2D eigenvalue weighted by Crippen LogP contribution is -2.07. The molecule has 0 amide bonds. The molecular weight excluding hydrogens is 316 g/mol. The number of hydrogen-bond donors (Lipinski definition) is 0. The molecule has 0 spiro atoms. The molecule has 0 bridgehead atoms. The number of halogens is 1. The van der Waals surface area contributed by atoms with Gasteiger partial charge < -0.3 is 9.32 Å². The van der Waals surface area contributed by atoms with Gasteiger partial charge in [0.25, 0.3) is 0 Å². The highest BCUT2D eigenvalue weighted by Gasteiger charge is 2.08. The molecule has 0 fully saturated rings.